The summed E-state index contributed by atoms with van der Waals surface area (Å²) in [7, 11) is -3.34. The molecule has 0 saturated carbocycles. The Morgan fingerprint density at radius 1 is 0.808 bits per heavy atom. The van der Waals surface area contributed by atoms with Gasteiger partial charge in [-0.1, -0.05) is 42.5 Å². The maximum absolute atomic E-state index is 12.2. The van der Waals surface area contributed by atoms with Gasteiger partial charge in [0, 0.05) is 5.69 Å². The maximum Gasteiger partial charge on any atom is 0.343 e. The van der Waals surface area contributed by atoms with Crippen molar-refractivity contribution in [3.63, 3.8) is 0 Å². The number of ether oxygens (including phenoxy) is 1. The van der Waals surface area contributed by atoms with Crippen LogP contribution in [0.5, 0.6) is 5.75 Å². The Morgan fingerprint density at radius 2 is 1.38 bits per heavy atom. The minimum Gasteiger partial charge on any atom is -0.423 e. The zero-order chi connectivity index (χ0) is 18.6. The molecule has 5 nitrogen and oxygen atoms in total. The highest BCUT2D eigenvalue weighted by molar-refractivity contribution is 7.92. The van der Waals surface area contributed by atoms with Crippen molar-refractivity contribution >= 4 is 21.7 Å². The molecule has 0 saturated heterocycles. The van der Waals surface area contributed by atoms with Crippen molar-refractivity contribution in [3.05, 3.63) is 84.4 Å². The minimum absolute atomic E-state index is 0.334. The van der Waals surface area contributed by atoms with E-state index in [9.17, 15) is 13.2 Å². The van der Waals surface area contributed by atoms with Gasteiger partial charge in [-0.05, 0) is 47.5 Å². The fourth-order valence-electron chi connectivity index (χ4n) is 2.40. The van der Waals surface area contributed by atoms with Gasteiger partial charge >= 0.3 is 5.97 Å². The molecule has 0 unspecified atom stereocenters. The Hall–Kier alpha value is -3.12. The summed E-state index contributed by atoms with van der Waals surface area (Å²) in [4.78, 5) is 12.2. The standard InChI is InChI=1S/C20H17NO4S/c1-26(23,24)21-18-11-13-19(14-12-18)25-20(22)17-9-7-16(8-10-17)15-5-3-2-4-6-15/h2-14,21H,1H3. The van der Waals surface area contributed by atoms with Gasteiger partial charge in [-0.3, -0.25) is 4.72 Å². The number of carbonyl (C=O) groups excluding carboxylic acids is 1. The molecule has 0 aliphatic carbocycles. The summed E-state index contributed by atoms with van der Waals surface area (Å²) in [6, 6.07) is 23.1. The van der Waals surface area contributed by atoms with Crippen LogP contribution >= 0.6 is 0 Å². The second kappa shape index (κ2) is 7.41. The van der Waals surface area contributed by atoms with Gasteiger partial charge in [0.05, 0.1) is 11.8 Å². The lowest BCUT2D eigenvalue weighted by Crippen LogP contribution is -2.10. The third-order valence-electron chi connectivity index (χ3n) is 3.60. The van der Waals surface area contributed by atoms with Crippen molar-refractivity contribution in [1.82, 2.24) is 0 Å². The summed E-state index contributed by atoms with van der Waals surface area (Å²) in [6.07, 6.45) is 1.07. The molecule has 0 atom stereocenters. The molecule has 3 aromatic rings. The number of anilines is 1. The summed E-state index contributed by atoms with van der Waals surface area (Å²) in [5, 5.41) is 0. The molecule has 1 N–H and O–H groups in total. The van der Waals surface area contributed by atoms with E-state index in [1.807, 2.05) is 42.5 Å². The van der Waals surface area contributed by atoms with Gasteiger partial charge in [-0.2, -0.15) is 0 Å². The Kier molecular flexibility index (Phi) is 5.04. The van der Waals surface area contributed by atoms with Gasteiger partial charge in [0.15, 0.2) is 0 Å². The first kappa shape index (κ1) is 17.7. The molecule has 132 valence electrons. The fraction of sp³-hybridized carbons (Fsp3) is 0.0500. The molecule has 0 fully saturated rings. The topological polar surface area (TPSA) is 72.5 Å². The molecule has 0 bridgehead atoms. The summed E-state index contributed by atoms with van der Waals surface area (Å²) in [5.41, 5.74) is 2.92. The van der Waals surface area contributed by atoms with Crippen LogP contribution in [0.1, 0.15) is 10.4 Å². The first-order valence-corrected chi connectivity index (χ1v) is 9.75. The first-order chi connectivity index (χ1) is 12.4. The Balaban J connectivity index is 1.68. The highest BCUT2D eigenvalue weighted by Crippen LogP contribution is 2.21. The van der Waals surface area contributed by atoms with Gasteiger partial charge in [-0.25, -0.2) is 13.2 Å². The van der Waals surface area contributed by atoms with Crippen molar-refractivity contribution < 1.29 is 17.9 Å². The molecule has 0 heterocycles. The molecule has 0 aliphatic rings. The van der Waals surface area contributed by atoms with Gasteiger partial charge in [0.2, 0.25) is 10.0 Å². The monoisotopic (exact) mass is 367 g/mol. The van der Waals surface area contributed by atoms with Crippen LogP contribution in [0, 0.1) is 0 Å². The number of hydrogen-bond acceptors (Lipinski definition) is 4. The zero-order valence-corrected chi connectivity index (χ0v) is 14.9. The fourth-order valence-corrected chi connectivity index (χ4v) is 2.96. The molecular weight excluding hydrogens is 350 g/mol. The molecule has 0 radical (unpaired) electrons. The largest absolute Gasteiger partial charge is 0.423 e. The highest BCUT2D eigenvalue weighted by atomic mass is 32.2. The predicted molar refractivity (Wildman–Crippen MR) is 102 cm³/mol. The van der Waals surface area contributed by atoms with E-state index in [0.29, 0.717) is 17.0 Å². The highest BCUT2D eigenvalue weighted by Gasteiger charge is 2.09. The lowest BCUT2D eigenvalue weighted by Gasteiger charge is -2.07. The van der Waals surface area contributed by atoms with Crippen molar-refractivity contribution in [2.24, 2.45) is 0 Å². The van der Waals surface area contributed by atoms with E-state index in [1.165, 1.54) is 24.3 Å². The van der Waals surface area contributed by atoms with Crippen molar-refractivity contribution in [2.75, 3.05) is 11.0 Å². The van der Waals surface area contributed by atoms with Crippen LogP contribution in [0.3, 0.4) is 0 Å². The number of esters is 1. The number of rotatable bonds is 5. The third-order valence-corrected chi connectivity index (χ3v) is 4.20. The molecule has 0 aromatic heterocycles. The summed E-state index contributed by atoms with van der Waals surface area (Å²) < 4.78 is 30.0. The number of nitrogens with one attached hydrogen (secondary N) is 1. The number of sulfonamides is 1. The van der Waals surface area contributed by atoms with Crippen molar-refractivity contribution in [2.45, 2.75) is 0 Å². The molecule has 26 heavy (non-hydrogen) atoms. The van der Waals surface area contributed by atoms with Crippen LogP contribution < -0.4 is 9.46 Å². The van der Waals surface area contributed by atoms with Gasteiger partial charge < -0.3 is 4.74 Å². The van der Waals surface area contributed by atoms with Gasteiger partial charge in [0.1, 0.15) is 5.75 Å². The number of hydrogen-bond donors (Lipinski definition) is 1. The Morgan fingerprint density at radius 3 is 1.96 bits per heavy atom. The summed E-state index contributed by atoms with van der Waals surface area (Å²) >= 11 is 0. The van der Waals surface area contributed by atoms with Crippen LogP contribution in [0.15, 0.2) is 78.9 Å². The van der Waals surface area contributed by atoms with Crippen LogP contribution in [-0.2, 0) is 10.0 Å². The van der Waals surface area contributed by atoms with Gasteiger partial charge in [0.25, 0.3) is 0 Å². The predicted octanol–water partition coefficient (Wildman–Crippen LogP) is 3.94. The SMILES string of the molecule is CS(=O)(=O)Nc1ccc(OC(=O)c2ccc(-c3ccccc3)cc2)cc1. The normalized spacial score (nSPS) is 11.0. The van der Waals surface area contributed by atoms with E-state index < -0.39 is 16.0 Å². The van der Waals surface area contributed by atoms with E-state index in [4.69, 9.17) is 4.74 Å². The lowest BCUT2D eigenvalue weighted by molar-refractivity contribution is 0.0735. The molecule has 0 amide bonds. The number of benzene rings is 3. The van der Waals surface area contributed by atoms with E-state index in [2.05, 4.69) is 4.72 Å². The molecule has 3 rings (SSSR count). The zero-order valence-electron chi connectivity index (χ0n) is 14.0. The summed E-state index contributed by atoms with van der Waals surface area (Å²) in [6.45, 7) is 0. The number of carbonyl (C=O) groups is 1. The quantitative estimate of drug-likeness (QED) is 0.547. The minimum atomic E-state index is -3.34. The van der Waals surface area contributed by atoms with E-state index in [0.717, 1.165) is 17.4 Å². The second-order valence-electron chi connectivity index (χ2n) is 5.73. The van der Waals surface area contributed by atoms with Crippen molar-refractivity contribution in [3.8, 4) is 16.9 Å². The molecule has 3 aromatic carbocycles. The lowest BCUT2D eigenvalue weighted by atomic mass is 10.0. The average molecular weight is 367 g/mol. The van der Waals surface area contributed by atoms with Gasteiger partial charge in [-0.15, -0.1) is 0 Å². The molecule has 6 heteroatoms. The summed E-state index contributed by atoms with van der Waals surface area (Å²) in [5.74, 6) is -0.144. The average Bonchev–Trinajstić information content (AvgIpc) is 2.63. The third kappa shape index (κ3) is 4.70. The van der Waals surface area contributed by atoms with Crippen molar-refractivity contribution in [1.29, 1.82) is 0 Å². The van der Waals surface area contributed by atoms with Crippen LogP contribution in [0.25, 0.3) is 11.1 Å². The smallest absolute Gasteiger partial charge is 0.343 e. The maximum atomic E-state index is 12.2. The van der Waals surface area contributed by atoms with Crippen LogP contribution in [0.2, 0.25) is 0 Å². The van der Waals surface area contributed by atoms with E-state index in [1.54, 1.807) is 12.1 Å². The van der Waals surface area contributed by atoms with Crippen LogP contribution in [-0.4, -0.2) is 20.6 Å². The Bertz CT molecular complexity index is 996. The van der Waals surface area contributed by atoms with E-state index in [-0.39, 0.29) is 0 Å². The molecule has 0 spiro atoms. The second-order valence-corrected chi connectivity index (χ2v) is 7.48. The van der Waals surface area contributed by atoms with E-state index >= 15 is 0 Å². The molecule has 0 aliphatic heterocycles. The molecular formula is C20H17NO4S. The van der Waals surface area contributed by atoms with Crippen LogP contribution in [0.4, 0.5) is 5.69 Å². The Labute approximate surface area is 152 Å². The first-order valence-electron chi connectivity index (χ1n) is 7.86.